The summed E-state index contributed by atoms with van der Waals surface area (Å²) in [6.45, 7) is 3.98. The van der Waals surface area contributed by atoms with E-state index in [-0.39, 0.29) is 5.97 Å². The van der Waals surface area contributed by atoms with E-state index in [2.05, 4.69) is 23.5 Å². The number of carbonyl (C=O) groups is 1. The van der Waals surface area contributed by atoms with Gasteiger partial charge in [0.15, 0.2) is 0 Å². The fourth-order valence-electron chi connectivity index (χ4n) is 1.37. The molecule has 0 radical (unpaired) electrons. The number of methoxy groups -OCH3 is 1. The third-order valence-electron chi connectivity index (χ3n) is 2.24. The number of ether oxygens (including phenoxy) is 1. The molecule has 0 aliphatic heterocycles. The second-order valence-electron chi connectivity index (χ2n) is 3.57. The lowest BCUT2D eigenvalue weighted by Gasteiger charge is -2.03. The summed E-state index contributed by atoms with van der Waals surface area (Å²) in [6.07, 6.45) is 1.96. The van der Waals surface area contributed by atoms with Gasteiger partial charge in [-0.2, -0.15) is 0 Å². The highest BCUT2D eigenvalue weighted by Gasteiger charge is 2.08. The molecular weight excluding hydrogens is 200 g/mol. The van der Waals surface area contributed by atoms with E-state index in [0.717, 1.165) is 24.0 Å². The van der Waals surface area contributed by atoms with Crippen LogP contribution in [-0.2, 0) is 4.74 Å². The summed E-state index contributed by atoms with van der Waals surface area (Å²) in [5.41, 5.74) is 2.44. The summed E-state index contributed by atoms with van der Waals surface area (Å²) >= 11 is 0. The fraction of sp³-hybridized carbons (Fsp3) is 0.357. The standard InChI is InChI=1S/C14H16O2/c1-4-5-6-7-12-8-9-13(11(2)10-12)14(15)16-3/h8-10H,4-5H2,1-3H3. The van der Waals surface area contributed by atoms with Crippen LogP contribution in [0.2, 0.25) is 0 Å². The van der Waals surface area contributed by atoms with Gasteiger partial charge in [0, 0.05) is 12.0 Å². The zero-order chi connectivity index (χ0) is 12.0. The molecule has 0 aromatic heterocycles. The van der Waals surface area contributed by atoms with Crippen molar-refractivity contribution in [1.29, 1.82) is 0 Å². The molecule has 84 valence electrons. The van der Waals surface area contributed by atoms with Gasteiger partial charge >= 0.3 is 5.97 Å². The lowest BCUT2D eigenvalue weighted by atomic mass is 10.1. The van der Waals surface area contributed by atoms with E-state index in [0.29, 0.717) is 5.56 Å². The molecule has 0 fully saturated rings. The predicted octanol–water partition coefficient (Wildman–Crippen LogP) is 2.93. The number of hydrogen-bond donors (Lipinski definition) is 0. The van der Waals surface area contributed by atoms with Crippen LogP contribution in [0.5, 0.6) is 0 Å². The van der Waals surface area contributed by atoms with E-state index in [9.17, 15) is 4.79 Å². The zero-order valence-corrected chi connectivity index (χ0v) is 9.96. The number of aryl methyl sites for hydroxylation is 1. The average Bonchev–Trinajstić information content (AvgIpc) is 2.29. The SMILES string of the molecule is CCCC#Cc1ccc(C(=O)OC)c(C)c1. The molecule has 2 nitrogen and oxygen atoms in total. The Kier molecular flexibility index (Phi) is 4.60. The van der Waals surface area contributed by atoms with Gasteiger partial charge in [-0.3, -0.25) is 0 Å². The molecule has 0 aliphatic rings. The largest absolute Gasteiger partial charge is 0.465 e. The molecule has 0 saturated carbocycles. The molecule has 0 unspecified atom stereocenters. The van der Waals surface area contributed by atoms with Gasteiger partial charge in [-0.15, -0.1) is 0 Å². The van der Waals surface area contributed by atoms with Crippen LogP contribution in [0.3, 0.4) is 0 Å². The van der Waals surface area contributed by atoms with Crippen molar-refractivity contribution in [2.45, 2.75) is 26.7 Å². The lowest BCUT2D eigenvalue weighted by molar-refractivity contribution is 0.0600. The van der Waals surface area contributed by atoms with Crippen molar-refractivity contribution in [3.05, 3.63) is 34.9 Å². The topological polar surface area (TPSA) is 26.3 Å². The Labute approximate surface area is 96.6 Å². The molecule has 0 amide bonds. The van der Waals surface area contributed by atoms with Gasteiger partial charge < -0.3 is 4.74 Å². The fourth-order valence-corrected chi connectivity index (χ4v) is 1.37. The van der Waals surface area contributed by atoms with Gasteiger partial charge in [-0.05, 0) is 37.1 Å². The monoisotopic (exact) mass is 216 g/mol. The van der Waals surface area contributed by atoms with Crippen molar-refractivity contribution in [3.63, 3.8) is 0 Å². The van der Waals surface area contributed by atoms with Gasteiger partial charge in [0.1, 0.15) is 0 Å². The van der Waals surface area contributed by atoms with Crippen LogP contribution in [0.4, 0.5) is 0 Å². The number of hydrogen-bond acceptors (Lipinski definition) is 2. The molecule has 0 bridgehead atoms. The number of benzene rings is 1. The van der Waals surface area contributed by atoms with Crippen molar-refractivity contribution < 1.29 is 9.53 Å². The molecule has 0 spiro atoms. The second kappa shape index (κ2) is 5.97. The zero-order valence-electron chi connectivity index (χ0n) is 9.96. The highest BCUT2D eigenvalue weighted by molar-refractivity contribution is 5.91. The first-order chi connectivity index (χ1) is 7.69. The average molecular weight is 216 g/mol. The second-order valence-corrected chi connectivity index (χ2v) is 3.57. The molecule has 1 aromatic carbocycles. The van der Waals surface area contributed by atoms with Crippen LogP contribution in [-0.4, -0.2) is 13.1 Å². The number of unbranched alkanes of at least 4 members (excludes halogenated alkanes) is 1. The van der Waals surface area contributed by atoms with Crippen molar-refractivity contribution in [2.24, 2.45) is 0 Å². The van der Waals surface area contributed by atoms with Crippen molar-refractivity contribution in [3.8, 4) is 11.8 Å². The van der Waals surface area contributed by atoms with Crippen molar-refractivity contribution in [2.75, 3.05) is 7.11 Å². The number of esters is 1. The van der Waals surface area contributed by atoms with Gasteiger partial charge in [0.2, 0.25) is 0 Å². The minimum absolute atomic E-state index is 0.300. The Morgan fingerprint density at radius 3 is 2.75 bits per heavy atom. The van der Waals surface area contributed by atoms with E-state index in [1.807, 2.05) is 19.1 Å². The molecule has 0 aliphatic carbocycles. The van der Waals surface area contributed by atoms with Crippen LogP contribution in [0.1, 0.15) is 41.3 Å². The molecule has 0 heterocycles. The van der Waals surface area contributed by atoms with Crippen LogP contribution >= 0.6 is 0 Å². The number of carbonyl (C=O) groups excluding carboxylic acids is 1. The maximum Gasteiger partial charge on any atom is 0.338 e. The molecule has 0 saturated heterocycles. The maximum absolute atomic E-state index is 11.3. The van der Waals surface area contributed by atoms with E-state index in [4.69, 9.17) is 0 Å². The first-order valence-corrected chi connectivity index (χ1v) is 5.37. The minimum atomic E-state index is -0.300. The first-order valence-electron chi connectivity index (χ1n) is 5.37. The van der Waals surface area contributed by atoms with Crippen LogP contribution in [0.25, 0.3) is 0 Å². The third kappa shape index (κ3) is 3.13. The Bertz CT molecular complexity index is 436. The summed E-state index contributed by atoms with van der Waals surface area (Å²) in [7, 11) is 1.39. The smallest absolute Gasteiger partial charge is 0.338 e. The van der Waals surface area contributed by atoms with Gasteiger partial charge in [-0.25, -0.2) is 4.79 Å². The lowest BCUT2D eigenvalue weighted by Crippen LogP contribution is -2.03. The Morgan fingerprint density at radius 2 is 2.19 bits per heavy atom. The van der Waals surface area contributed by atoms with Crippen LogP contribution in [0.15, 0.2) is 18.2 Å². The Morgan fingerprint density at radius 1 is 1.44 bits per heavy atom. The quantitative estimate of drug-likeness (QED) is 0.561. The summed E-state index contributed by atoms with van der Waals surface area (Å²) in [6, 6.07) is 5.52. The molecule has 0 N–H and O–H groups in total. The molecule has 16 heavy (non-hydrogen) atoms. The summed E-state index contributed by atoms with van der Waals surface area (Å²) < 4.78 is 4.68. The highest BCUT2D eigenvalue weighted by atomic mass is 16.5. The van der Waals surface area contributed by atoms with Crippen molar-refractivity contribution in [1.82, 2.24) is 0 Å². The van der Waals surface area contributed by atoms with E-state index >= 15 is 0 Å². The summed E-state index contributed by atoms with van der Waals surface area (Å²) in [5.74, 6) is 5.84. The maximum atomic E-state index is 11.3. The minimum Gasteiger partial charge on any atom is -0.465 e. The molecule has 0 atom stereocenters. The molecule has 1 rings (SSSR count). The summed E-state index contributed by atoms with van der Waals surface area (Å²) in [4.78, 5) is 11.3. The first kappa shape index (κ1) is 12.3. The van der Waals surface area contributed by atoms with E-state index in [1.165, 1.54) is 7.11 Å². The molecular formula is C14H16O2. The van der Waals surface area contributed by atoms with E-state index in [1.54, 1.807) is 6.07 Å². The van der Waals surface area contributed by atoms with Crippen LogP contribution < -0.4 is 0 Å². The molecule has 1 aromatic rings. The Balaban J connectivity index is 2.92. The third-order valence-corrected chi connectivity index (χ3v) is 2.24. The van der Waals surface area contributed by atoms with Gasteiger partial charge in [0.25, 0.3) is 0 Å². The Hall–Kier alpha value is -1.75. The number of rotatable bonds is 2. The van der Waals surface area contributed by atoms with Crippen LogP contribution in [0, 0.1) is 18.8 Å². The normalized spacial score (nSPS) is 9.19. The highest BCUT2D eigenvalue weighted by Crippen LogP contribution is 2.11. The van der Waals surface area contributed by atoms with Gasteiger partial charge in [-0.1, -0.05) is 18.8 Å². The molecule has 2 heteroatoms. The van der Waals surface area contributed by atoms with Gasteiger partial charge in [0.05, 0.1) is 12.7 Å². The van der Waals surface area contributed by atoms with E-state index < -0.39 is 0 Å². The predicted molar refractivity (Wildman–Crippen MR) is 64.3 cm³/mol. The summed E-state index contributed by atoms with van der Waals surface area (Å²) in [5, 5.41) is 0. The van der Waals surface area contributed by atoms with Crippen molar-refractivity contribution >= 4 is 5.97 Å².